The van der Waals surface area contributed by atoms with E-state index in [1.165, 1.54) is 0 Å². The van der Waals surface area contributed by atoms with Crippen molar-refractivity contribution in [2.24, 2.45) is 5.41 Å². The molecule has 1 heterocycles. The molecule has 0 bridgehead atoms. The Morgan fingerprint density at radius 3 is 2.89 bits per heavy atom. The summed E-state index contributed by atoms with van der Waals surface area (Å²) in [5.74, 6) is 0.944. The van der Waals surface area contributed by atoms with E-state index >= 15 is 0 Å². The number of rotatable bonds is 4. The van der Waals surface area contributed by atoms with E-state index in [9.17, 15) is 9.90 Å². The Balaban J connectivity index is 2.23. The molecule has 1 atom stereocenters. The molecule has 0 aliphatic carbocycles. The third kappa shape index (κ3) is 2.28. The van der Waals surface area contributed by atoms with Gasteiger partial charge < -0.3 is 14.6 Å². The Labute approximate surface area is 107 Å². The third-order valence-electron chi connectivity index (χ3n) is 3.43. The lowest BCUT2D eigenvalue weighted by atomic mass is 9.81. The van der Waals surface area contributed by atoms with Crippen LogP contribution in [0.15, 0.2) is 18.2 Å². The molecule has 0 amide bonds. The summed E-state index contributed by atoms with van der Waals surface area (Å²) in [5, 5.41) is 9.18. The lowest BCUT2D eigenvalue weighted by molar-refractivity contribution is -0.147. The molecule has 1 N–H and O–H groups in total. The van der Waals surface area contributed by atoms with Crippen LogP contribution < -0.4 is 9.47 Å². The minimum Gasteiger partial charge on any atom is -0.497 e. The van der Waals surface area contributed by atoms with Gasteiger partial charge in [-0.3, -0.25) is 4.79 Å². The minimum atomic E-state index is -0.779. The normalized spacial score (nSPS) is 18.1. The van der Waals surface area contributed by atoms with Crippen LogP contribution in [-0.2, 0) is 4.79 Å². The van der Waals surface area contributed by atoms with E-state index in [1.807, 2.05) is 18.2 Å². The molecule has 18 heavy (non-hydrogen) atoms. The summed E-state index contributed by atoms with van der Waals surface area (Å²) >= 11 is 0. The van der Waals surface area contributed by atoms with Crippen LogP contribution in [0.25, 0.3) is 0 Å². The summed E-state index contributed by atoms with van der Waals surface area (Å²) in [6.45, 7) is 4.03. The average molecular weight is 250 g/mol. The molecule has 1 aliphatic heterocycles. The van der Waals surface area contributed by atoms with Crippen molar-refractivity contribution in [1.82, 2.24) is 0 Å². The van der Waals surface area contributed by atoms with E-state index in [1.54, 1.807) is 21.0 Å². The molecule has 98 valence electrons. The zero-order valence-corrected chi connectivity index (χ0v) is 10.9. The van der Waals surface area contributed by atoms with Crippen LogP contribution in [0.3, 0.4) is 0 Å². The summed E-state index contributed by atoms with van der Waals surface area (Å²) in [7, 11) is 1.62. The van der Waals surface area contributed by atoms with Crippen LogP contribution >= 0.6 is 0 Å². The van der Waals surface area contributed by atoms with Gasteiger partial charge in [-0.25, -0.2) is 0 Å². The highest BCUT2D eigenvalue weighted by Gasteiger charge is 2.35. The van der Waals surface area contributed by atoms with Gasteiger partial charge in [0.1, 0.15) is 11.5 Å². The summed E-state index contributed by atoms with van der Waals surface area (Å²) in [6.07, 6.45) is 0.558. The molecule has 0 aromatic heterocycles. The van der Waals surface area contributed by atoms with Gasteiger partial charge in [0, 0.05) is 11.5 Å². The molecule has 0 fully saturated rings. The van der Waals surface area contributed by atoms with E-state index in [-0.39, 0.29) is 5.92 Å². The molecule has 1 aromatic rings. The maximum Gasteiger partial charge on any atom is 0.309 e. The van der Waals surface area contributed by atoms with Gasteiger partial charge in [-0.05, 0) is 38.5 Å². The number of carbonyl (C=O) groups is 1. The first-order valence-corrected chi connectivity index (χ1v) is 5.98. The minimum absolute atomic E-state index is 0.112. The van der Waals surface area contributed by atoms with E-state index in [2.05, 4.69) is 0 Å². The number of hydrogen-bond acceptors (Lipinski definition) is 3. The first-order valence-electron chi connectivity index (χ1n) is 5.98. The summed E-state index contributed by atoms with van der Waals surface area (Å²) < 4.78 is 10.8. The summed E-state index contributed by atoms with van der Waals surface area (Å²) in [5.41, 5.74) is 0.294. The van der Waals surface area contributed by atoms with Crippen LogP contribution in [0.2, 0.25) is 0 Å². The van der Waals surface area contributed by atoms with E-state index < -0.39 is 11.4 Å². The SMILES string of the molecule is COc1ccc2c(c1)C(CC(C)(C)C(=O)O)CO2. The highest BCUT2D eigenvalue weighted by molar-refractivity contribution is 5.73. The molecule has 2 rings (SSSR count). The summed E-state index contributed by atoms with van der Waals surface area (Å²) in [4.78, 5) is 11.2. The number of carboxylic acid groups (broad SMARTS) is 1. The van der Waals surface area contributed by atoms with Crippen molar-refractivity contribution < 1.29 is 19.4 Å². The largest absolute Gasteiger partial charge is 0.497 e. The van der Waals surface area contributed by atoms with Crippen molar-refractivity contribution in [3.63, 3.8) is 0 Å². The van der Waals surface area contributed by atoms with Gasteiger partial charge in [-0.2, -0.15) is 0 Å². The fraction of sp³-hybridized carbons (Fsp3) is 0.500. The zero-order chi connectivity index (χ0) is 13.3. The number of carboxylic acids is 1. The predicted octanol–water partition coefficient (Wildman–Crippen LogP) is 2.67. The Morgan fingerprint density at radius 2 is 2.28 bits per heavy atom. The van der Waals surface area contributed by atoms with Gasteiger partial charge in [0.15, 0.2) is 0 Å². The Hall–Kier alpha value is -1.71. The first-order chi connectivity index (χ1) is 8.44. The van der Waals surface area contributed by atoms with Crippen LogP contribution in [0.4, 0.5) is 0 Å². The number of aliphatic carboxylic acids is 1. The van der Waals surface area contributed by atoms with Crippen molar-refractivity contribution in [2.75, 3.05) is 13.7 Å². The van der Waals surface area contributed by atoms with Crippen molar-refractivity contribution in [1.29, 1.82) is 0 Å². The summed E-state index contributed by atoms with van der Waals surface area (Å²) in [6, 6.07) is 5.66. The quantitative estimate of drug-likeness (QED) is 0.892. The van der Waals surface area contributed by atoms with E-state index in [4.69, 9.17) is 9.47 Å². The number of methoxy groups -OCH3 is 1. The fourth-order valence-corrected chi connectivity index (χ4v) is 2.26. The number of ether oxygens (including phenoxy) is 2. The van der Waals surface area contributed by atoms with Crippen LogP contribution in [0.5, 0.6) is 11.5 Å². The van der Waals surface area contributed by atoms with E-state index in [0.717, 1.165) is 17.1 Å². The molecule has 1 aromatic carbocycles. The molecule has 0 radical (unpaired) electrons. The van der Waals surface area contributed by atoms with Crippen LogP contribution in [0, 0.1) is 5.41 Å². The second kappa shape index (κ2) is 4.52. The predicted molar refractivity (Wildman–Crippen MR) is 67.3 cm³/mol. The molecule has 4 nitrogen and oxygen atoms in total. The smallest absolute Gasteiger partial charge is 0.309 e. The molecule has 0 spiro atoms. The molecular weight excluding hydrogens is 232 g/mol. The average Bonchev–Trinajstić information content (AvgIpc) is 2.71. The van der Waals surface area contributed by atoms with Crippen molar-refractivity contribution in [2.45, 2.75) is 26.2 Å². The zero-order valence-electron chi connectivity index (χ0n) is 10.9. The van der Waals surface area contributed by atoms with Crippen molar-refractivity contribution >= 4 is 5.97 Å². The standard InChI is InChI=1S/C14H18O4/c1-14(2,13(15)16)7-9-8-18-12-5-4-10(17-3)6-11(9)12/h4-6,9H,7-8H2,1-3H3,(H,15,16). The number of fused-ring (bicyclic) bond motifs is 1. The molecule has 0 saturated heterocycles. The first kappa shape index (κ1) is 12.7. The second-order valence-electron chi connectivity index (χ2n) is 5.30. The molecule has 0 saturated carbocycles. The lowest BCUT2D eigenvalue weighted by Gasteiger charge is -2.22. The molecule has 1 aliphatic rings. The van der Waals surface area contributed by atoms with Crippen molar-refractivity contribution in [3.8, 4) is 11.5 Å². The Morgan fingerprint density at radius 1 is 1.56 bits per heavy atom. The highest BCUT2D eigenvalue weighted by atomic mass is 16.5. The number of benzene rings is 1. The van der Waals surface area contributed by atoms with Crippen LogP contribution in [0.1, 0.15) is 31.7 Å². The van der Waals surface area contributed by atoms with Gasteiger partial charge in [0.2, 0.25) is 0 Å². The van der Waals surface area contributed by atoms with Gasteiger partial charge in [-0.15, -0.1) is 0 Å². The van der Waals surface area contributed by atoms with Crippen molar-refractivity contribution in [3.05, 3.63) is 23.8 Å². The Bertz CT molecular complexity index is 465. The lowest BCUT2D eigenvalue weighted by Crippen LogP contribution is -2.26. The highest BCUT2D eigenvalue weighted by Crippen LogP contribution is 2.42. The van der Waals surface area contributed by atoms with E-state index in [0.29, 0.717) is 13.0 Å². The van der Waals surface area contributed by atoms with Gasteiger partial charge in [0.05, 0.1) is 19.1 Å². The van der Waals surface area contributed by atoms with Gasteiger partial charge >= 0.3 is 5.97 Å². The second-order valence-corrected chi connectivity index (χ2v) is 5.30. The molecule has 1 unspecified atom stereocenters. The number of hydrogen-bond donors (Lipinski definition) is 1. The molecular formula is C14H18O4. The van der Waals surface area contributed by atoms with Crippen LogP contribution in [-0.4, -0.2) is 24.8 Å². The topological polar surface area (TPSA) is 55.8 Å². The monoisotopic (exact) mass is 250 g/mol. The maximum absolute atomic E-state index is 11.2. The van der Waals surface area contributed by atoms with Gasteiger partial charge in [0.25, 0.3) is 0 Å². The maximum atomic E-state index is 11.2. The van der Waals surface area contributed by atoms with Gasteiger partial charge in [-0.1, -0.05) is 0 Å². The fourth-order valence-electron chi connectivity index (χ4n) is 2.26. The third-order valence-corrected chi connectivity index (χ3v) is 3.43. The molecule has 4 heteroatoms. The Kier molecular flexibility index (Phi) is 3.20.